The quantitative estimate of drug-likeness (QED) is 0.482. The average molecular weight is 415 g/mol. The topological polar surface area (TPSA) is 59.3 Å². The maximum absolute atomic E-state index is 5.55. The number of aromatic nitrogens is 4. The van der Waals surface area contributed by atoms with Crippen LogP contribution in [0.4, 0.5) is 11.6 Å². The predicted molar refractivity (Wildman–Crippen MR) is 122 cm³/mol. The number of nitrogens with zero attached hydrogens (tertiary/aromatic N) is 6. The van der Waals surface area contributed by atoms with Crippen molar-refractivity contribution in [3.63, 3.8) is 0 Å². The fourth-order valence-corrected chi connectivity index (χ4v) is 3.93. The molecule has 1 saturated heterocycles. The molecule has 7 heteroatoms. The Morgan fingerprint density at radius 1 is 0.935 bits per heavy atom. The zero-order valence-corrected chi connectivity index (χ0v) is 17.7. The van der Waals surface area contributed by atoms with Crippen molar-refractivity contribution in [2.45, 2.75) is 13.1 Å². The van der Waals surface area contributed by atoms with Gasteiger partial charge in [0, 0.05) is 39.1 Å². The summed E-state index contributed by atoms with van der Waals surface area (Å²) in [6.07, 6.45) is 3.90. The number of benzene rings is 2. The Balaban J connectivity index is 1.46. The van der Waals surface area contributed by atoms with Crippen LogP contribution in [-0.4, -0.2) is 52.9 Å². The number of morpholine rings is 1. The Morgan fingerprint density at radius 2 is 1.65 bits per heavy atom. The summed E-state index contributed by atoms with van der Waals surface area (Å²) >= 11 is 0. The second kappa shape index (κ2) is 8.73. The van der Waals surface area contributed by atoms with Gasteiger partial charge in [-0.25, -0.2) is 15.0 Å². The Hall–Kier alpha value is -3.45. The van der Waals surface area contributed by atoms with Crippen LogP contribution in [0, 0.1) is 0 Å². The minimum atomic E-state index is 0.643. The lowest BCUT2D eigenvalue weighted by atomic mass is 10.2. The highest BCUT2D eigenvalue weighted by atomic mass is 16.5. The highest BCUT2D eigenvalue weighted by Crippen LogP contribution is 2.29. The lowest BCUT2D eigenvalue weighted by molar-refractivity contribution is 0.122. The van der Waals surface area contributed by atoms with E-state index in [0.29, 0.717) is 19.8 Å². The summed E-state index contributed by atoms with van der Waals surface area (Å²) in [5.74, 6) is 2.77. The molecule has 1 aliphatic rings. The third kappa shape index (κ3) is 4.22. The first kappa shape index (κ1) is 19.5. The van der Waals surface area contributed by atoms with E-state index in [2.05, 4.69) is 50.7 Å². The second-order valence-corrected chi connectivity index (χ2v) is 7.77. The van der Waals surface area contributed by atoms with Crippen molar-refractivity contribution in [1.82, 2.24) is 19.5 Å². The summed E-state index contributed by atoms with van der Waals surface area (Å²) in [5.41, 5.74) is 3.06. The van der Waals surface area contributed by atoms with Crippen molar-refractivity contribution in [2.24, 2.45) is 0 Å². The molecule has 0 saturated carbocycles. The van der Waals surface area contributed by atoms with Gasteiger partial charge < -0.3 is 19.1 Å². The van der Waals surface area contributed by atoms with Gasteiger partial charge in [0.15, 0.2) is 11.6 Å². The molecule has 2 aromatic heterocycles. The van der Waals surface area contributed by atoms with Gasteiger partial charge in [-0.15, -0.1) is 0 Å². The normalized spacial score (nSPS) is 14.2. The van der Waals surface area contributed by atoms with Crippen molar-refractivity contribution >= 4 is 22.7 Å². The lowest BCUT2D eigenvalue weighted by Crippen LogP contribution is -2.38. The van der Waals surface area contributed by atoms with Crippen molar-refractivity contribution < 1.29 is 4.74 Å². The fraction of sp³-hybridized carbons (Fsp3) is 0.292. The van der Waals surface area contributed by atoms with E-state index in [1.807, 2.05) is 42.7 Å². The van der Waals surface area contributed by atoms with Gasteiger partial charge in [0.2, 0.25) is 0 Å². The maximum atomic E-state index is 5.55. The van der Waals surface area contributed by atoms with Crippen molar-refractivity contribution in [1.29, 1.82) is 0 Å². The molecule has 0 unspecified atom stereocenters. The van der Waals surface area contributed by atoms with Crippen LogP contribution >= 0.6 is 0 Å². The van der Waals surface area contributed by atoms with E-state index in [4.69, 9.17) is 14.7 Å². The molecule has 1 aliphatic heterocycles. The van der Waals surface area contributed by atoms with Crippen molar-refractivity contribution in [3.05, 3.63) is 78.4 Å². The zero-order chi connectivity index (χ0) is 21.0. The van der Waals surface area contributed by atoms with E-state index in [0.717, 1.165) is 48.1 Å². The molecule has 0 N–H and O–H groups in total. The van der Waals surface area contributed by atoms with Crippen molar-refractivity contribution in [2.75, 3.05) is 43.2 Å². The molecule has 0 spiro atoms. The standard InChI is InChI=1S/C24H26N6O/c1-28(18-22-25-11-12-30(22)17-19-7-3-2-4-8-19)23-24(29-13-15-31-16-14-29)27-21-10-6-5-9-20(21)26-23/h2-12H,13-18H2,1H3. The summed E-state index contributed by atoms with van der Waals surface area (Å²) in [5, 5.41) is 0. The first-order valence-electron chi connectivity index (χ1n) is 10.6. The number of anilines is 2. The molecule has 4 aromatic rings. The largest absolute Gasteiger partial charge is 0.378 e. The molecule has 1 fully saturated rings. The monoisotopic (exact) mass is 414 g/mol. The van der Waals surface area contributed by atoms with Crippen LogP contribution < -0.4 is 9.80 Å². The number of imidazole rings is 1. The van der Waals surface area contributed by atoms with Gasteiger partial charge >= 0.3 is 0 Å². The van der Waals surface area contributed by atoms with Crippen molar-refractivity contribution in [3.8, 4) is 0 Å². The van der Waals surface area contributed by atoms with E-state index in [9.17, 15) is 0 Å². The minimum absolute atomic E-state index is 0.643. The van der Waals surface area contributed by atoms with Gasteiger partial charge in [0.1, 0.15) is 5.82 Å². The molecule has 2 aromatic carbocycles. The van der Waals surface area contributed by atoms with Gasteiger partial charge in [0.25, 0.3) is 0 Å². The molecular weight excluding hydrogens is 388 g/mol. The van der Waals surface area contributed by atoms with Gasteiger partial charge in [-0.1, -0.05) is 42.5 Å². The number of hydrogen-bond donors (Lipinski definition) is 0. The first-order chi connectivity index (χ1) is 15.3. The van der Waals surface area contributed by atoms with Crippen LogP contribution in [-0.2, 0) is 17.8 Å². The fourth-order valence-electron chi connectivity index (χ4n) is 3.93. The number of rotatable bonds is 6. The molecule has 5 rings (SSSR count). The smallest absolute Gasteiger partial charge is 0.172 e. The molecule has 3 heterocycles. The SMILES string of the molecule is CN(Cc1nccn1Cc1ccccc1)c1nc2ccccc2nc1N1CCOCC1. The van der Waals surface area contributed by atoms with Crippen LogP contribution in [0.3, 0.4) is 0 Å². The lowest BCUT2D eigenvalue weighted by Gasteiger charge is -2.31. The number of para-hydroxylation sites is 2. The first-order valence-corrected chi connectivity index (χ1v) is 10.6. The van der Waals surface area contributed by atoms with Crippen LogP contribution in [0.5, 0.6) is 0 Å². The Kier molecular flexibility index (Phi) is 5.50. The Labute approximate surface area is 181 Å². The zero-order valence-electron chi connectivity index (χ0n) is 17.7. The highest BCUT2D eigenvalue weighted by molar-refractivity contribution is 5.80. The minimum Gasteiger partial charge on any atom is -0.378 e. The van der Waals surface area contributed by atoms with Crippen LogP contribution in [0.2, 0.25) is 0 Å². The van der Waals surface area contributed by atoms with E-state index in [1.54, 1.807) is 0 Å². The van der Waals surface area contributed by atoms with Crippen LogP contribution in [0.15, 0.2) is 67.0 Å². The van der Waals surface area contributed by atoms with Gasteiger partial charge in [-0.2, -0.15) is 0 Å². The molecule has 0 aliphatic carbocycles. The van der Waals surface area contributed by atoms with Gasteiger partial charge in [-0.3, -0.25) is 0 Å². The van der Waals surface area contributed by atoms with E-state index >= 15 is 0 Å². The van der Waals surface area contributed by atoms with E-state index in [1.165, 1.54) is 5.56 Å². The summed E-state index contributed by atoms with van der Waals surface area (Å²) < 4.78 is 7.74. The molecule has 0 amide bonds. The Morgan fingerprint density at radius 3 is 2.42 bits per heavy atom. The van der Waals surface area contributed by atoms with Gasteiger partial charge in [0.05, 0.1) is 30.8 Å². The summed E-state index contributed by atoms with van der Waals surface area (Å²) in [7, 11) is 2.06. The molecule has 158 valence electrons. The Bertz CT molecular complexity index is 1150. The van der Waals surface area contributed by atoms with Crippen LogP contribution in [0.1, 0.15) is 11.4 Å². The van der Waals surface area contributed by atoms with Crippen LogP contribution in [0.25, 0.3) is 11.0 Å². The predicted octanol–water partition coefficient (Wildman–Crippen LogP) is 3.35. The molecule has 31 heavy (non-hydrogen) atoms. The number of fused-ring (bicyclic) bond motifs is 1. The molecule has 0 radical (unpaired) electrons. The summed E-state index contributed by atoms with van der Waals surface area (Å²) in [6.45, 7) is 4.49. The second-order valence-electron chi connectivity index (χ2n) is 7.77. The molecule has 0 bridgehead atoms. The molecular formula is C24H26N6O. The highest BCUT2D eigenvalue weighted by Gasteiger charge is 2.22. The van der Waals surface area contributed by atoms with E-state index in [-0.39, 0.29) is 0 Å². The molecule has 7 nitrogen and oxygen atoms in total. The number of hydrogen-bond acceptors (Lipinski definition) is 6. The third-order valence-electron chi connectivity index (χ3n) is 5.58. The van der Waals surface area contributed by atoms with Gasteiger partial charge in [-0.05, 0) is 17.7 Å². The van der Waals surface area contributed by atoms with E-state index < -0.39 is 0 Å². The molecule has 0 atom stereocenters. The summed E-state index contributed by atoms with van der Waals surface area (Å²) in [4.78, 5) is 19.0. The third-order valence-corrected chi connectivity index (χ3v) is 5.58. The summed E-state index contributed by atoms with van der Waals surface area (Å²) in [6, 6.07) is 18.5. The maximum Gasteiger partial charge on any atom is 0.172 e. The average Bonchev–Trinajstić information content (AvgIpc) is 3.25. The number of ether oxygens (including phenoxy) is 1.